The Labute approximate surface area is 103 Å². The van der Waals surface area contributed by atoms with Gasteiger partial charge in [-0.3, -0.25) is 9.59 Å². The maximum Gasteiger partial charge on any atom is 0.227 e. The van der Waals surface area contributed by atoms with Crippen LogP contribution >= 0.6 is 0 Å². The fourth-order valence-electron chi connectivity index (χ4n) is 1.60. The highest BCUT2D eigenvalue weighted by atomic mass is 16.2. The van der Waals surface area contributed by atoms with Crippen molar-refractivity contribution in [3.63, 3.8) is 0 Å². The van der Waals surface area contributed by atoms with Crippen LogP contribution in [-0.2, 0) is 9.59 Å². The number of hydrogen-bond acceptors (Lipinski definition) is 3. The first-order valence-corrected chi connectivity index (χ1v) is 6.32. The molecule has 5 heteroatoms. The summed E-state index contributed by atoms with van der Waals surface area (Å²) in [7, 11) is 0. The second-order valence-electron chi connectivity index (χ2n) is 4.87. The summed E-state index contributed by atoms with van der Waals surface area (Å²) >= 11 is 0. The second-order valence-corrected chi connectivity index (χ2v) is 4.87. The van der Waals surface area contributed by atoms with Gasteiger partial charge in [-0.05, 0) is 26.2 Å². The maximum atomic E-state index is 11.7. The third kappa shape index (κ3) is 4.00. The molecule has 1 rings (SSSR count). The molecule has 0 bridgehead atoms. The number of carbonyl (C=O) groups excluding carboxylic acids is 2. The molecule has 1 saturated carbocycles. The average Bonchev–Trinajstić information content (AvgIpc) is 3.09. The van der Waals surface area contributed by atoms with Crippen molar-refractivity contribution in [2.45, 2.75) is 45.6 Å². The molecular weight excluding hydrogens is 218 g/mol. The number of nitrogens with two attached hydrogens (primary N) is 1. The van der Waals surface area contributed by atoms with Gasteiger partial charge in [-0.2, -0.15) is 0 Å². The van der Waals surface area contributed by atoms with Crippen LogP contribution in [-0.4, -0.2) is 30.9 Å². The first-order valence-electron chi connectivity index (χ1n) is 6.32. The summed E-state index contributed by atoms with van der Waals surface area (Å²) < 4.78 is 0. The van der Waals surface area contributed by atoms with Gasteiger partial charge in [-0.15, -0.1) is 0 Å². The molecule has 1 aliphatic rings. The van der Waals surface area contributed by atoms with Crippen LogP contribution in [0, 0.1) is 5.41 Å². The predicted octanol–water partition coefficient (Wildman–Crippen LogP) is 0.146. The molecule has 0 radical (unpaired) electrons. The van der Waals surface area contributed by atoms with Crippen LogP contribution < -0.4 is 16.4 Å². The lowest BCUT2D eigenvalue weighted by atomic mass is 10.1. The lowest BCUT2D eigenvalue weighted by Gasteiger charge is -2.14. The summed E-state index contributed by atoms with van der Waals surface area (Å²) in [4.78, 5) is 23.1. The Kier molecular flexibility index (Phi) is 4.93. The van der Waals surface area contributed by atoms with E-state index in [0.717, 1.165) is 19.3 Å². The summed E-state index contributed by atoms with van der Waals surface area (Å²) in [5.74, 6) is -0.0198. The van der Waals surface area contributed by atoms with E-state index < -0.39 is 0 Å². The van der Waals surface area contributed by atoms with Crippen molar-refractivity contribution in [1.82, 2.24) is 10.6 Å². The van der Waals surface area contributed by atoms with E-state index in [4.69, 9.17) is 5.73 Å². The Bertz CT molecular complexity index is 287. The number of nitrogens with one attached hydrogen (secondary N) is 2. The van der Waals surface area contributed by atoms with Crippen LogP contribution in [0.25, 0.3) is 0 Å². The summed E-state index contributed by atoms with van der Waals surface area (Å²) in [6.45, 7) is 4.77. The summed E-state index contributed by atoms with van der Waals surface area (Å²) in [5, 5.41) is 5.64. The van der Waals surface area contributed by atoms with E-state index in [2.05, 4.69) is 10.6 Å². The quantitative estimate of drug-likeness (QED) is 0.593. The summed E-state index contributed by atoms with van der Waals surface area (Å²) in [6.07, 6.45) is 2.98. The van der Waals surface area contributed by atoms with Crippen molar-refractivity contribution in [3.05, 3.63) is 0 Å². The zero-order valence-electron chi connectivity index (χ0n) is 10.7. The highest BCUT2D eigenvalue weighted by molar-refractivity contribution is 5.86. The zero-order valence-corrected chi connectivity index (χ0v) is 10.7. The number of rotatable bonds is 7. The minimum Gasteiger partial charge on any atom is -0.355 e. The molecule has 1 atom stereocenters. The maximum absolute atomic E-state index is 11.7. The van der Waals surface area contributed by atoms with Crippen molar-refractivity contribution in [1.29, 1.82) is 0 Å². The molecule has 0 saturated heterocycles. The highest BCUT2D eigenvalue weighted by Crippen LogP contribution is 2.44. The molecule has 0 heterocycles. The van der Waals surface area contributed by atoms with Crippen LogP contribution in [0.5, 0.6) is 0 Å². The minimum atomic E-state index is -0.326. The van der Waals surface area contributed by atoms with Gasteiger partial charge >= 0.3 is 0 Å². The van der Waals surface area contributed by atoms with Crippen LogP contribution in [0.15, 0.2) is 0 Å². The summed E-state index contributed by atoms with van der Waals surface area (Å²) in [5.41, 5.74) is 5.22. The molecule has 1 unspecified atom stereocenters. The normalized spacial score (nSPS) is 18.3. The van der Waals surface area contributed by atoms with Gasteiger partial charge in [0.05, 0.1) is 5.41 Å². The predicted molar refractivity (Wildman–Crippen MR) is 66.2 cm³/mol. The van der Waals surface area contributed by atoms with Gasteiger partial charge in [-0.25, -0.2) is 0 Å². The van der Waals surface area contributed by atoms with Gasteiger partial charge in [0.1, 0.15) is 0 Å². The van der Waals surface area contributed by atoms with Crippen molar-refractivity contribution < 1.29 is 9.59 Å². The number of carbonyl (C=O) groups is 2. The van der Waals surface area contributed by atoms with Crippen LogP contribution in [0.3, 0.4) is 0 Å². The lowest BCUT2D eigenvalue weighted by molar-refractivity contribution is -0.126. The highest BCUT2D eigenvalue weighted by Gasteiger charge is 2.48. The van der Waals surface area contributed by atoms with Gasteiger partial charge in [0.15, 0.2) is 0 Å². The van der Waals surface area contributed by atoms with Crippen LogP contribution in [0.2, 0.25) is 0 Å². The molecule has 2 amide bonds. The topological polar surface area (TPSA) is 84.2 Å². The number of amides is 2. The molecule has 4 N–H and O–H groups in total. The molecule has 0 aliphatic heterocycles. The fourth-order valence-corrected chi connectivity index (χ4v) is 1.60. The standard InChI is InChI=1S/C12H23N3O2/c1-3-9(2)15-10(16)4-7-14-11(17)12(8-13)5-6-12/h9H,3-8,13H2,1-2H3,(H,14,17)(H,15,16). The van der Waals surface area contributed by atoms with E-state index in [-0.39, 0.29) is 23.3 Å². The molecule has 1 fully saturated rings. The molecule has 98 valence electrons. The SMILES string of the molecule is CCC(C)NC(=O)CCNC(=O)C1(CN)CC1. The van der Waals surface area contributed by atoms with E-state index >= 15 is 0 Å². The van der Waals surface area contributed by atoms with Crippen LogP contribution in [0.1, 0.15) is 39.5 Å². The van der Waals surface area contributed by atoms with E-state index in [1.54, 1.807) is 0 Å². The van der Waals surface area contributed by atoms with Gasteiger partial charge in [-0.1, -0.05) is 6.92 Å². The first kappa shape index (κ1) is 14.0. The Morgan fingerprint density at radius 2 is 2.06 bits per heavy atom. The average molecular weight is 241 g/mol. The molecule has 0 spiro atoms. The van der Waals surface area contributed by atoms with E-state index in [1.807, 2.05) is 13.8 Å². The molecule has 0 aromatic rings. The summed E-state index contributed by atoms with van der Waals surface area (Å²) in [6, 6.07) is 0.192. The molecule has 1 aliphatic carbocycles. The van der Waals surface area contributed by atoms with E-state index in [1.165, 1.54) is 0 Å². The smallest absolute Gasteiger partial charge is 0.227 e. The minimum absolute atomic E-state index is 0.00339. The van der Waals surface area contributed by atoms with Crippen molar-refractivity contribution in [2.24, 2.45) is 11.1 Å². The van der Waals surface area contributed by atoms with Gasteiger partial charge < -0.3 is 16.4 Å². The van der Waals surface area contributed by atoms with E-state index in [9.17, 15) is 9.59 Å². The zero-order chi connectivity index (χ0) is 12.9. The third-order valence-corrected chi connectivity index (χ3v) is 3.38. The monoisotopic (exact) mass is 241 g/mol. The Hall–Kier alpha value is -1.10. The molecule has 5 nitrogen and oxygen atoms in total. The van der Waals surface area contributed by atoms with Crippen LogP contribution in [0.4, 0.5) is 0 Å². The Morgan fingerprint density at radius 3 is 2.53 bits per heavy atom. The fraction of sp³-hybridized carbons (Fsp3) is 0.833. The molecule has 0 aromatic carbocycles. The van der Waals surface area contributed by atoms with Crippen molar-refractivity contribution in [2.75, 3.05) is 13.1 Å². The van der Waals surface area contributed by atoms with Crippen molar-refractivity contribution in [3.8, 4) is 0 Å². The first-order chi connectivity index (χ1) is 8.04. The lowest BCUT2D eigenvalue weighted by Crippen LogP contribution is -2.39. The van der Waals surface area contributed by atoms with Gasteiger partial charge in [0.25, 0.3) is 0 Å². The van der Waals surface area contributed by atoms with Gasteiger partial charge in [0, 0.05) is 25.6 Å². The number of hydrogen-bond donors (Lipinski definition) is 3. The van der Waals surface area contributed by atoms with Gasteiger partial charge in [0.2, 0.25) is 11.8 Å². The second kappa shape index (κ2) is 6.00. The Morgan fingerprint density at radius 1 is 1.41 bits per heavy atom. The molecule has 0 aromatic heterocycles. The Balaban J connectivity index is 2.15. The van der Waals surface area contributed by atoms with E-state index in [0.29, 0.717) is 19.5 Å². The third-order valence-electron chi connectivity index (χ3n) is 3.38. The molecular formula is C12H23N3O2. The van der Waals surface area contributed by atoms with Crippen molar-refractivity contribution >= 4 is 11.8 Å². The largest absolute Gasteiger partial charge is 0.355 e. The molecule has 17 heavy (non-hydrogen) atoms.